The molecule has 0 amide bonds. The van der Waals surface area contributed by atoms with E-state index in [-0.39, 0.29) is 0 Å². The molecule has 1 aliphatic rings. The van der Waals surface area contributed by atoms with Crippen LogP contribution in [0, 0.1) is 0 Å². The van der Waals surface area contributed by atoms with Crippen LogP contribution in [0.4, 0.5) is 0 Å². The molecule has 1 aromatic carbocycles. The Morgan fingerprint density at radius 1 is 1.35 bits per heavy atom. The Balaban J connectivity index is 1.90. The number of likely N-dealkylation sites (tertiary alicyclic amines) is 1. The van der Waals surface area contributed by atoms with Gasteiger partial charge in [-0.1, -0.05) is 18.2 Å². The Hall–Kier alpha value is -1.32. The van der Waals surface area contributed by atoms with E-state index in [1.54, 1.807) is 0 Å². The lowest BCUT2D eigenvalue weighted by molar-refractivity contribution is 0.328. The molecule has 2 aromatic rings. The van der Waals surface area contributed by atoms with E-state index in [2.05, 4.69) is 47.0 Å². The number of para-hydroxylation sites is 1. The van der Waals surface area contributed by atoms with Gasteiger partial charge in [0.25, 0.3) is 0 Å². The number of hydrogen-bond donors (Lipinski definition) is 1. The molecule has 17 heavy (non-hydrogen) atoms. The average Bonchev–Trinajstić information content (AvgIpc) is 2.86. The SMILES string of the molecule is Cn1cc(CN2CCC(N)C2)c2ccccc21. The predicted octanol–water partition coefficient (Wildman–Crippen LogP) is 1.71. The van der Waals surface area contributed by atoms with Crippen LogP contribution in [-0.2, 0) is 13.6 Å². The molecule has 0 saturated carbocycles. The fourth-order valence-corrected chi connectivity index (χ4v) is 2.80. The van der Waals surface area contributed by atoms with Crippen LogP contribution in [0.1, 0.15) is 12.0 Å². The van der Waals surface area contributed by atoms with Gasteiger partial charge in [-0.05, 0) is 18.1 Å². The van der Waals surface area contributed by atoms with Crippen LogP contribution in [0.15, 0.2) is 30.5 Å². The zero-order chi connectivity index (χ0) is 11.8. The molecule has 1 fully saturated rings. The number of rotatable bonds is 2. The van der Waals surface area contributed by atoms with E-state index in [0.29, 0.717) is 6.04 Å². The normalized spacial score (nSPS) is 21.4. The highest BCUT2D eigenvalue weighted by atomic mass is 15.2. The molecule has 1 saturated heterocycles. The second kappa shape index (κ2) is 4.17. The summed E-state index contributed by atoms with van der Waals surface area (Å²) in [5.41, 5.74) is 8.67. The van der Waals surface area contributed by atoms with Crippen molar-refractivity contribution in [3.8, 4) is 0 Å². The molecule has 90 valence electrons. The van der Waals surface area contributed by atoms with Crippen LogP contribution in [-0.4, -0.2) is 28.6 Å². The van der Waals surface area contributed by atoms with Gasteiger partial charge in [0, 0.05) is 49.8 Å². The molecule has 0 radical (unpaired) electrons. The molecule has 2 heterocycles. The zero-order valence-electron chi connectivity index (χ0n) is 10.3. The molecule has 1 aromatic heterocycles. The third kappa shape index (κ3) is 1.96. The minimum Gasteiger partial charge on any atom is -0.350 e. The predicted molar refractivity (Wildman–Crippen MR) is 70.8 cm³/mol. The van der Waals surface area contributed by atoms with Crippen molar-refractivity contribution in [2.45, 2.75) is 19.0 Å². The van der Waals surface area contributed by atoms with E-state index >= 15 is 0 Å². The number of hydrogen-bond acceptors (Lipinski definition) is 2. The minimum absolute atomic E-state index is 0.366. The monoisotopic (exact) mass is 229 g/mol. The van der Waals surface area contributed by atoms with Gasteiger partial charge < -0.3 is 10.3 Å². The van der Waals surface area contributed by atoms with Crippen molar-refractivity contribution in [1.29, 1.82) is 0 Å². The maximum atomic E-state index is 5.95. The Labute approximate surface area is 102 Å². The molecule has 3 nitrogen and oxygen atoms in total. The molecule has 1 aliphatic heterocycles. The van der Waals surface area contributed by atoms with Gasteiger partial charge in [-0.15, -0.1) is 0 Å². The minimum atomic E-state index is 0.366. The zero-order valence-corrected chi connectivity index (χ0v) is 10.3. The average molecular weight is 229 g/mol. The lowest BCUT2D eigenvalue weighted by Gasteiger charge is -2.14. The lowest BCUT2D eigenvalue weighted by atomic mass is 10.1. The van der Waals surface area contributed by atoms with E-state index in [4.69, 9.17) is 5.73 Å². The summed E-state index contributed by atoms with van der Waals surface area (Å²) in [5.74, 6) is 0. The molecule has 1 atom stereocenters. The summed E-state index contributed by atoms with van der Waals surface area (Å²) in [4.78, 5) is 2.45. The van der Waals surface area contributed by atoms with Gasteiger partial charge in [-0.3, -0.25) is 4.90 Å². The van der Waals surface area contributed by atoms with Gasteiger partial charge in [0.15, 0.2) is 0 Å². The van der Waals surface area contributed by atoms with Crippen molar-refractivity contribution in [2.75, 3.05) is 13.1 Å². The fourth-order valence-electron chi connectivity index (χ4n) is 2.80. The first-order valence-electron chi connectivity index (χ1n) is 6.25. The quantitative estimate of drug-likeness (QED) is 0.850. The van der Waals surface area contributed by atoms with Crippen LogP contribution < -0.4 is 5.73 Å². The summed E-state index contributed by atoms with van der Waals surface area (Å²) < 4.78 is 2.21. The number of nitrogens with zero attached hydrogens (tertiary/aromatic N) is 2. The first-order valence-corrected chi connectivity index (χ1v) is 6.25. The fraction of sp³-hybridized carbons (Fsp3) is 0.429. The largest absolute Gasteiger partial charge is 0.350 e. The van der Waals surface area contributed by atoms with Gasteiger partial charge >= 0.3 is 0 Å². The van der Waals surface area contributed by atoms with Crippen molar-refractivity contribution >= 4 is 10.9 Å². The summed E-state index contributed by atoms with van der Waals surface area (Å²) in [5, 5.41) is 1.37. The number of fused-ring (bicyclic) bond motifs is 1. The van der Waals surface area contributed by atoms with Crippen LogP contribution in [0.5, 0.6) is 0 Å². The molecular weight excluding hydrogens is 210 g/mol. The topological polar surface area (TPSA) is 34.2 Å². The van der Waals surface area contributed by atoms with Crippen LogP contribution >= 0.6 is 0 Å². The van der Waals surface area contributed by atoms with Crippen LogP contribution in [0.25, 0.3) is 10.9 Å². The summed E-state index contributed by atoms with van der Waals surface area (Å²) in [6.07, 6.45) is 3.37. The van der Waals surface area contributed by atoms with Crippen molar-refractivity contribution in [1.82, 2.24) is 9.47 Å². The van der Waals surface area contributed by atoms with Gasteiger partial charge in [0.1, 0.15) is 0 Å². The Bertz CT molecular complexity index is 529. The second-order valence-electron chi connectivity index (χ2n) is 5.07. The smallest absolute Gasteiger partial charge is 0.0481 e. The molecule has 2 N–H and O–H groups in total. The number of aromatic nitrogens is 1. The molecule has 0 aliphatic carbocycles. The summed E-state index contributed by atoms with van der Waals surface area (Å²) in [7, 11) is 2.11. The Kier molecular flexibility index (Phi) is 2.65. The Morgan fingerprint density at radius 2 is 2.18 bits per heavy atom. The maximum Gasteiger partial charge on any atom is 0.0481 e. The van der Waals surface area contributed by atoms with E-state index < -0.39 is 0 Å². The molecule has 3 rings (SSSR count). The molecule has 3 heteroatoms. The summed E-state index contributed by atoms with van der Waals surface area (Å²) >= 11 is 0. The van der Waals surface area contributed by atoms with Crippen LogP contribution in [0.3, 0.4) is 0 Å². The van der Waals surface area contributed by atoms with Crippen molar-refractivity contribution < 1.29 is 0 Å². The highest BCUT2D eigenvalue weighted by Gasteiger charge is 2.20. The summed E-state index contributed by atoms with van der Waals surface area (Å²) in [6.45, 7) is 3.18. The maximum absolute atomic E-state index is 5.95. The third-order valence-electron chi connectivity index (χ3n) is 3.68. The number of nitrogens with two attached hydrogens (primary N) is 1. The van der Waals surface area contributed by atoms with Crippen molar-refractivity contribution in [3.05, 3.63) is 36.0 Å². The molecule has 0 spiro atoms. The van der Waals surface area contributed by atoms with Gasteiger partial charge in [0.05, 0.1) is 0 Å². The van der Waals surface area contributed by atoms with Gasteiger partial charge in [-0.25, -0.2) is 0 Å². The van der Waals surface area contributed by atoms with Gasteiger partial charge in [-0.2, -0.15) is 0 Å². The highest BCUT2D eigenvalue weighted by Crippen LogP contribution is 2.22. The van der Waals surface area contributed by atoms with E-state index in [1.807, 2.05) is 0 Å². The molecule has 0 bridgehead atoms. The summed E-state index contributed by atoms with van der Waals surface area (Å²) in [6, 6.07) is 8.96. The van der Waals surface area contributed by atoms with Crippen molar-refractivity contribution in [3.63, 3.8) is 0 Å². The molecule has 1 unspecified atom stereocenters. The van der Waals surface area contributed by atoms with Crippen LogP contribution in [0.2, 0.25) is 0 Å². The second-order valence-corrected chi connectivity index (χ2v) is 5.07. The van der Waals surface area contributed by atoms with E-state index in [1.165, 1.54) is 16.5 Å². The van der Waals surface area contributed by atoms with E-state index in [0.717, 1.165) is 26.1 Å². The highest BCUT2D eigenvalue weighted by molar-refractivity contribution is 5.83. The first kappa shape index (κ1) is 10.8. The Morgan fingerprint density at radius 3 is 2.94 bits per heavy atom. The standard InChI is InChI=1S/C14H19N3/c1-16-8-11(9-17-7-6-12(15)10-17)13-4-2-3-5-14(13)16/h2-5,8,12H,6-7,9-10,15H2,1H3. The third-order valence-corrected chi connectivity index (χ3v) is 3.68. The van der Waals surface area contributed by atoms with Gasteiger partial charge in [0.2, 0.25) is 0 Å². The first-order chi connectivity index (χ1) is 8.24. The number of benzene rings is 1. The lowest BCUT2D eigenvalue weighted by Crippen LogP contribution is -2.26. The molecular formula is C14H19N3. The van der Waals surface area contributed by atoms with Crippen molar-refractivity contribution in [2.24, 2.45) is 12.8 Å². The number of aryl methyl sites for hydroxylation is 1. The van der Waals surface area contributed by atoms with E-state index in [9.17, 15) is 0 Å².